The van der Waals surface area contributed by atoms with Crippen molar-refractivity contribution in [3.05, 3.63) is 34.4 Å². The van der Waals surface area contributed by atoms with Gasteiger partial charge in [0.15, 0.2) is 0 Å². The van der Waals surface area contributed by atoms with Gasteiger partial charge in [0, 0.05) is 6.54 Å². The van der Waals surface area contributed by atoms with E-state index in [4.69, 9.17) is 0 Å². The largest absolute Gasteiger partial charge is 0.416 e. The van der Waals surface area contributed by atoms with E-state index in [1.165, 1.54) is 6.92 Å². The minimum absolute atomic E-state index is 0.310. The fourth-order valence-corrected chi connectivity index (χ4v) is 2.08. The van der Waals surface area contributed by atoms with Gasteiger partial charge in [-0.15, -0.1) is 0 Å². The van der Waals surface area contributed by atoms with Crippen molar-refractivity contribution in [2.75, 3.05) is 6.54 Å². The van der Waals surface area contributed by atoms with Crippen LogP contribution in [0.3, 0.4) is 0 Å². The summed E-state index contributed by atoms with van der Waals surface area (Å²) >= 11 is 0. The van der Waals surface area contributed by atoms with Gasteiger partial charge in [0.1, 0.15) is 0 Å². The summed E-state index contributed by atoms with van der Waals surface area (Å²) in [6, 6.07) is 3.37. The monoisotopic (exact) mass is 215 g/mol. The first-order valence-corrected chi connectivity index (χ1v) is 4.89. The van der Waals surface area contributed by atoms with Gasteiger partial charge in [-0.1, -0.05) is 12.1 Å². The van der Waals surface area contributed by atoms with Crippen molar-refractivity contribution in [1.29, 1.82) is 0 Å². The molecule has 0 radical (unpaired) electrons. The second-order valence-corrected chi connectivity index (χ2v) is 3.82. The minimum Gasteiger partial charge on any atom is -0.312 e. The second kappa shape index (κ2) is 3.52. The molecule has 1 N–H and O–H groups in total. The Labute approximate surface area is 86.3 Å². The predicted octanol–water partition coefficient (Wildman–Crippen LogP) is 2.66. The molecule has 0 atom stereocenters. The van der Waals surface area contributed by atoms with Crippen LogP contribution in [0.5, 0.6) is 0 Å². The van der Waals surface area contributed by atoms with E-state index < -0.39 is 11.7 Å². The number of aryl methyl sites for hydroxylation is 1. The zero-order valence-electron chi connectivity index (χ0n) is 8.41. The average Bonchev–Trinajstić information content (AvgIpc) is 2.15. The molecule has 1 aromatic rings. The number of hydrogen-bond acceptors (Lipinski definition) is 1. The Kier molecular flexibility index (Phi) is 2.46. The van der Waals surface area contributed by atoms with Gasteiger partial charge in [-0.25, -0.2) is 0 Å². The molecule has 0 saturated carbocycles. The zero-order valence-corrected chi connectivity index (χ0v) is 8.41. The molecule has 4 heteroatoms. The van der Waals surface area contributed by atoms with E-state index in [9.17, 15) is 13.2 Å². The lowest BCUT2D eigenvalue weighted by molar-refractivity contribution is -0.138. The third-order valence-corrected chi connectivity index (χ3v) is 2.77. The number of nitrogens with one attached hydrogen (secondary N) is 1. The van der Waals surface area contributed by atoms with Crippen molar-refractivity contribution < 1.29 is 13.2 Å². The van der Waals surface area contributed by atoms with Crippen LogP contribution in [0.15, 0.2) is 12.1 Å². The Morgan fingerprint density at radius 1 is 1.27 bits per heavy atom. The van der Waals surface area contributed by atoms with Gasteiger partial charge in [-0.2, -0.15) is 13.2 Å². The maximum Gasteiger partial charge on any atom is 0.416 e. The molecule has 1 aliphatic heterocycles. The summed E-state index contributed by atoms with van der Waals surface area (Å²) in [6.07, 6.45) is -3.56. The van der Waals surface area contributed by atoms with Crippen LogP contribution in [0.25, 0.3) is 0 Å². The Balaban J connectivity index is 2.60. The molecule has 82 valence electrons. The normalized spacial score (nSPS) is 16.3. The lowest BCUT2D eigenvalue weighted by Crippen LogP contribution is -2.27. The lowest BCUT2D eigenvalue weighted by atomic mass is 9.92. The van der Waals surface area contributed by atoms with Crippen molar-refractivity contribution in [2.45, 2.75) is 26.1 Å². The maximum atomic E-state index is 12.8. The smallest absolute Gasteiger partial charge is 0.312 e. The minimum atomic E-state index is -4.24. The predicted molar refractivity (Wildman–Crippen MR) is 51.6 cm³/mol. The van der Waals surface area contributed by atoms with Crippen LogP contribution in [0.1, 0.15) is 22.3 Å². The molecular weight excluding hydrogens is 203 g/mol. The molecule has 0 aliphatic carbocycles. The van der Waals surface area contributed by atoms with Crippen LogP contribution in [-0.4, -0.2) is 6.54 Å². The molecule has 1 heterocycles. The Morgan fingerprint density at radius 2 is 2.00 bits per heavy atom. The van der Waals surface area contributed by atoms with E-state index in [0.29, 0.717) is 24.1 Å². The number of benzene rings is 1. The van der Waals surface area contributed by atoms with Crippen LogP contribution in [0.2, 0.25) is 0 Å². The molecule has 15 heavy (non-hydrogen) atoms. The summed E-state index contributed by atoms with van der Waals surface area (Å²) in [7, 11) is 0. The molecule has 1 aromatic carbocycles. The molecule has 1 aliphatic rings. The summed E-state index contributed by atoms with van der Waals surface area (Å²) in [5.41, 5.74) is 1.11. The first-order chi connectivity index (χ1) is 7.00. The van der Waals surface area contributed by atoms with Gasteiger partial charge in [0.05, 0.1) is 5.56 Å². The maximum absolute atomic E-state index is 12.8. The lowest BCUT2D eigenvalue weighted by Gasteiger charge is -2.23. The summed E-state index contributed by atoms with van der Waals surface area (Å²) < 4.78 is 38.4. The summed E-state index contributed by atoms with van der Waals surface area (Å²) in [6.45, 7) is 2.59. The standard InChI is InChI=1S/C11H12F3N/c1-7-2-3-8-4-5-15-6-9(8)10(7)11(12,13)14/h2-3,15H,4-6H2,1H3. The van der Waals surface area contributed by atoms with E-state index in [-0.39, 0.29) is 0 Å². The number of hydrogen-bond donors (Lipinski definition) is 1. The van der Waals surface area contributed by atoms with E-state index in [1.807, 2.05) is 0 Å². The van der Waals surface area contributed by atoms with Gasteiger partial charge in [-0.3, -0.25) is 0 Å². The van der Waals surface area contributed by atoms with Gasteiger partial charge < -0.3 is 5.32 Å². The quantitative estimate of drug-likeness (QED) is 0.701. The van der Waals surface area contributed by atoms with Crippen LogP contribution in [0.4, 0.5) is 13.2 Å². The molecular formula is C11H12F3N. The van der Waals surface area contributed by atoms with Crippen molar-refractivity contribution >= 4 is 0 Å². The van der Waals surface area contributed by atoms with Crippen LogP contribution in [-0.2, 0) is 19.1 Å². The second-order valence-electron chi connectivity index (χ2n) is 3.82. The molecule has 0 bridgehead atoms. The molecule has 0 saturated heterocycles. The SMILES string of the molecule is Cc1ccc2c(c1C(F)(F)F)CNCC2. The molecule has 0 aromatic heterocycles. The molecule has 0 unspecified atom stereocenters. The van der Waals surface area contributed by atoms with Crippen molar-refractivity contribution in [3.8, 4) is 0 Å². The summed E-state index contributed by atoms with van der Waals surface area (Å²) in [5, 5.41) is 2.98. The van der Waals surface area contributed by atoms with Gasteiger partial charge in [-0.05, 0) is 36.6 Å². The topological polar surface area (TPSA) is 12.0 Å². The van der Waals surface area contributed by atoms with Crippen molar-refractivity contribution in [1.82, 2.24) is 5.32 Å². The van der Waals surface area contributed by atoms with Crippen LogP contribution < -0.4 is 5.32 Å². The molecule has 1 nitrogen and oxygen atoms in total. The molecule has 0 amide bonds. The fourth-order valence-electron chi connectivity index (χ4n) is 2.08. The molecule has 0 fully saturated rings. The Hall–Kier alpha value is -1.03. The molecule has 2 rings (SSSR count). The highest BCUT2D eigenvalue weighted by atomic mass is 19.4. The highest BCUT2D eigenvalue weighted by Crippen LogP contribution is 2.36. The van der Waals surface area contributed by atoms with Crippen molar-refractivity contribution in [3.63, 3.8) is 0 Å². The number of alkyl halides is 3. The van der Waals surface area contributed by atoms with Crippen LogP contribution in [0, 0.1) is 6.92 Å². The van der Waals surface area contributed by atoms with Gasteiger partial charge in [0.2, 0.25) is 0 Å². The third kappa shape index (κ3) is 1.86. The van der Waals surface area contributed by atoms with E-state index in [2.05, 4.69) is 5.32 Å². The Morgan fingerprint density at radius 3 is 2.67 bits per heavy atom. The average molecular weight is 215 g/mol. The van der Waals surface area contributed by atoms with E-state index in [1.54, 1.807) is 12.1 Å². The number of fused-ring (bicyclic) bond motifs is 1. The van der Waals surface area contributed by atoms with Gasteiger partial charge >= 0.3 is 6.18 Å². The Bertz CT molecular complexity index is 382. The van der Waals surface area contributed by atoms with Crippen molar-refractivity contribution in [2.24, 2.45) is 0 Å². The zero-order chi connectivity index (χ0) is 11.1. The number of halogens is 3. The highest BCUT2D eigenvalue weighted by Gasteiger charge is 2.36. The van der Waals surface area contributed by atoms with E-state index in [0.717, 1.165) is 12.1 Å². The number of rotatable bonds is 0. The fraction of sp³-hybridized carbons (Fsp3) is 0.455. The first kappa shape index (κ1) is 10.5. The highest BCUT2D eigenvalue weighted by molar-refractivity contribution is 5.43. The summed E-state index contributed by atoms with van der Waals surface area (Å²) in [5.74, 6) is 0. The van der Waals surface area contributed by atoms with Crippen LogP contribution >= 0.6 is 0 Å². The molecule has 0 spiro atoms. The third-order valence-electron chi connectivity index (χ3n) is 2.77. The van der Waals surface area contributed by atoms with Gasteiger partial charge in [0.25, 0.3) is 0 Å². The first-order valence-electron chi connectivity index (χ1n) is 4.89. The summed E-state index contributed by atoms with van der Waals surface area (Å²) in [4.78, 5) is 0. The van der Waals surface area contributed by atoms with E-state index >= 15 is 0 Å².